The molecule has 0 unspecified atom stereocenters. The van der Waals surface area contributed by atoms with Crippen molar-refractivity contribution in [3.63, 3.8) is 0 Å². The van der Waals surface area contributed by atoms with Gasteiger partial charge >= 0.3 is 0 Å². The summed E-state index contributed by atoms with van der Waals surface area (Å²) in [6, 6.07) is 2.10. The topological polar surface area (TPSA) is 45.0 Å². The van der Waals surface area contributed by atoms with Crippen LogP contribution in [0.25, 0.3) is 0 Å². The first kappa shape index (κ1) is 6.53. The molecular weight excluding hydrogens is 116 g/mol. The Morgan fingerprint density at radius 2 is 2.56 bits per heavy atom. The number of nitriles is 1. The van der Waals surface area contributed by atoms with E-state index in [2.05, 4.69) is 11.4 Å². The minimum atomic E-state index is -0.585. The van der Waals surface area contributed by atoms with Crippen LogP contribution < -0.4 is 5.32 Å². The van der Waals surface area contributed by atoms with E-state index in [0.29, 0.717) is 13.2 Å². The second-order valence-electron chi connectivity index (χ2n) is 2.37. The number of hydrogen-bond acceptors (Lipinski definition) is 3. The standard InChI is InChI=1S/C6H10N2O/c1-6(4-7)5-8-2-3-9-6/h8H,2-3,5H2,1H3/t6-/m1/s1. The van der Waals surface area contributed by atoms with Crippen LogP contribution in [0, 0.1) is 11.3 Å². The number of rotatable bonds is 0. The maximum absolute atomic E-state index is 8.54. The van der Waals surface area contributed by atoms with Crippen molar-refractivity contribution in [3.05, 3.63) is 0 Å². The molecule has 0 aromatic rings. The second kappa shape index (κ2) is 2.34. The highest BCUT2D eigenvalue weighted by Gasteiger charge is 2.26. The van der Waals surface area contributed by atoms with Crippen molar-refractivity contribution in [1.29, 1.82) is 5.26 Å². The fourth-order valence-electron chi connectivity index (χ4n) is 0.798. The van der Waals surface area contributed by atoms with E-state index in [-0.39, 0.29) is 0 Å². The van der Waals surface area contributed by atoms with Crippen LogP contribution in [0.3, 0.4) is 0 Å². The van der Waals surface area contributed by atoms with E-state index in [1.54, 1.807) is 6.92 Å². The highest BCUT2D eigenvalue weighted by atomic mass is 16.5. The summed E-state index contributed by atoms with van der Waals surface area (Å²) in [7, 11) is 0. The Labute approximate surface area is 54.6 Å². The molecule has 50 valence electrons. The summed E-state index contributed by atoms with van der Waals surface area (Å²) in [5.74, 6) is 0. The molecule has 1 atom stereocenters. The molecule has 1 heterocycles. The van der Waals surface area contributed by atoms with Crippen molar-refractivity contribution < 1.29 is 4.74 Å². The van der Waals surface area contributed by atoms with E-state index in [0.717, 1.165) is 6.54 Å². The van der Waals surface area contributed by atoms with E-state index >= 15 is 0 Å². The zero-order valence-corrected chi connectivity index (χ0v) is 5.48. The van der Waals surface area contributed by atoms with Crippen LogP contribution >= 0.6 is 0 Å². The molecule has 1 N–H and O–H groups in total. The lowest BCUT2D eigenvalue weighted by molar-refractivity contribution is -0.0113. The van der Waals surface area contributed by atoms with Crippen LogP contribution in [-0.2, 0) is 4.74 Å². The minimum Gasteiger partial charge on any atom is -0.358 e. The Morgan fingerprint density at radius 3 is 2.89 bits per heavy atom. The molecular formula is C6H10N2O. The van der Waals surface area contributed by atoms with Crippen molar-refractivity contribution in [2.24, 2.45) is 0 Å². The summed E-state index contributed by atoms with van der Waals surface area (Å²) in [6.45, 7) is 3.93. The van der Waals surface area contributed by atoms with Gasteiger partial charge in [0.1, 0.15) is 0 Å². The molecule has 1 fully saturated rings. The molecule has 1 aliphatic rings. The summed E-state index contributed by atoms with van der Waals surface area (Å²) >= 11 is 0. The van der Waals surface area contributed by atoms with Gasteiger partial charge in [0.25, 0.3) is 0 Å². The fourth-order valence-corrected chi connectivity index (χ4v) is 0.798. The third-order valence-corrected chi connectivity index (χ3v) is 1.40. The predicted octanol–water partition coefficient (Wildman–Crippen LogP) is -0.112. The fraction of sp³-hybridized carbons (Fsp3) is 0.833. The van der Waals surface area contributed by atoms with E-state index in [1.165, 1.54) is 0 Å². The van der Waals surface area contributed by atoms with E-state index < -0.39 is 5.60 Å². The smallest absolute Gasteiger partial charge is 0.163 e. The summed E-state index contributed by atoms with van der Waals surface area (Å²) in [5, 5.41) is 11.6. The molecule has 0 amide bonds. The Bertz CT molecular complexity index is 132. The van der Waals surface area contributed by atoms with Crippen molar-refractivity contribution in [2.75, 3.05) is 19.7 Å². The second-order valence-corrected chi connectivity index (χ2v) is 2.37. The summed E-state index contributed by atoms with van der Waals surface area (Å²) in [6.07, 6.45) is 0. The Hall–Kier alpha value is -0.590. The Balaban J connectivity index is 2.49. The molecule has 0 spiro atoms. The molecule has 3 heteroatoms. The van der Waals surface area contributed by atoms with Crippen molar-refractivity contribution in [1.82, 2.24) is 5.32 Å². The zero-order valence-electron chi connectivity index (χ0n) is 5.48. The van der Waals surface area contributed by atoms with Gasteiger partial charge in [-0.2, -0.15) is 5.26 Å². The van der Waals surface area contributed by atoms with Crippen LogP contribution in [0.2, 0.25) is 0 Å². The van der Waals surface area contributed by atoms with Gasteiger partial charge in [-0.25, -0.2) is 0 Å². The van der Waals surface area contributed by atoms with Gasteiger partial charge in [0.2, 0.25) is 0 Å². The van der Waals surface area contributed by atoms with Gasteiger partial charge in [-0.1, -0.05) is 0 Å². The lowest BCUT2D eigenvalue weighted by atomic mass is 10.1. The molecule has 3 nitrogen and oxygen atoms in total. The zero-order chi connectivity index (χ0) is 6.74. The van der Waals surface area contributed by atoms with Gasteiger partial charge < -0.3 is 10.1 Å². The molecule has 0 aromatic heterocycles. The lowest BCUT2D eigenvalue weighted by Gasteiger charge is -2.27. The summed E-state index contributed by atoms with van der Waals surface area (Å²) in [5.41, 5.74) is -0.585. The first-order valence-electron chi connectivity index (χ1n) is 3.03. The Kier molecular flexibility index (Phi) is 1.70. The Morgan fingerprint density at radius 1 is 1.78 bits per heavy atom. The van der Waals surface area contributed by atoms with Gasteiger partial charge in [0.05, 0.1) is 12.7 Å². The molecule has 0 radical (unpaired) electrons. The van der Waals surface area contributed by atoms with Crippen LogP contribution in [0.4, 0.5) is 0 Å². The van der Waals surface area contributed by atoms with Crippen LogP contribution in [0.1, 0.15) is 6.92 Å². The SMILES string of the molecule is C[C@@]1(C#N)CNCCO1. The highest BCUT2D eigenvalue weighted by molar-refractivity contribution is 5.01. The highest BCUT2D eigenvalue weighted by Crippen LogP contribution is 2.09. The van der Waals surface area contributed by atoms with Crippen LogP contribution in [0.15, 0.2) is 0 Å². The predicted molar refractivity (Wildman–Crippen MR) is 32.8 cm³/mol. The third kappa shape index (κ3) is 1.41. The number of nitrogens with one attached hydrogen (secondary N) is 1. The number of morpholine rings is 1. The quantitative estimate of drug-likeness (QED) is 0.492. The molecule has 1 saturated heterocycles. The summed E-state index contributed by atoms with van der Waals surface area (Å²) in [4.78, 5) is 0. The first-order chi connectivity index (χ1) is 4.27. The molecule has 0 saturated carbocycles. The maximum atomic E-state index is 8.54. The first-order valence-corrected chi connectivity index (χ1v) is 3.03. The largest absolute Gasteiger partial charge is 0.358 e. The molecule has 0 aromatic carbocycles. The van der Waals surface area contributed by atoms with Crippen molar-refractivity contribution in [3.8, 4) is 6.07 Å². The van der Waals surface area contributed by atoms with E-state index in [1.807, 2.05) is 0 Å². The van der Waals surface area contributed by atoms with Gasteiger partial charge in [0, 0.05) is 13.1 Å². The molecule has 0 aliphatic carbocycles. The number of nitrogens with zero attached hydrogens (tertiary/aromatic N) is 1. The van der Waals surface area contributed by atoms with Crippen LogP contribution in [-0.4, -0.2) is 25.3 Å². The average Bonchev–Trinajstić information content (AvgIpc) is 1.90. The van der Waals surface area contributed by atoms with E-state index in [9.17, 15) is 0 Å². The maximum Gasteiger partial charge on any atom is 0.163 e. The van der Waals surface area contributed by atoms with Gasteiger partial charge in [-0.05, 0) is 6.92 Å². The van der Waals surface area contributed by atoms with Gasteiger partial charge in [-0.3, -0.25) is 0 Å². The van der Waals surface area contributed by atoms with Crippen LogP contribution in [0.5, 0.6) is 0 Å². The minimum absolute atomic E-state index is 0.585. The third-order valence-electron chi connectivity index (χ3n) is 1.40. The monoisotopic (exact) mass is 126 g/mol. The molecule has 1 rings (SSSR count). The van der Waals surface area contributed by atoms with Crippen molar-refractivity contribution in [2.45, 2.75) is 12.5 Å². The van der Waals surface area contributed by atoms with Gasteiger partial charge in [0.15, 0.2) is 5.60 Å². The molecule has 0 bridgehead atoms. The lowest BCUT2D eigenvalue weighted by Crippen LogP contribution is -2.46. The van der Waals surface area contributed by atoms with E-state index in [4.69, 9.17) is 10.00 Å². The normalized spacial score (nSPS) is 35.6. The van der Waals surface area contributed by atoms with Crippen molar-refractivity contribution >= 4 is 0 Å². The molecule has 9 heavy (non-hydrogen) atoms. The molecule has 1 aliphatic heterocycles. The number of ether oxygens (including phenoxy) is 1. The average molecular weight is 126 g/mol. The number of hydrogen-bond donors (Lipinski definition) is 1. The van der Waals surface area contributed by atoms with Gasteiger partial charge in [-0.15, -0.1) is 0 Å². The summed E-state index contributed by atoms with van der Waals surface area (Å²) < 4.78 is 5.19.